The van der Waals surface area contributed by atoms with Gasteiger partial charge >= 0.3 is 0 Å². The van der Waals surface area contributed by atoms with Crippen molar-refractivity contribution in [3.8, 4) is 0 Å². The molecule has 1 aliphatic rings. The van der Waals surface area contributed by atoms with Crippen LogP contribution in [0.3, 0.4) is 0 Å². The van der Waals surface area contributed by atoms with Crippen LogP contribution >= 0.6 is 0 Å². The van der Waals surface area contributed by atoms with E-state index < -0.39 is 0 Å². The summed E-state index contributed by atoms with van der Waals surface area (Å²) in [6.07, 6.45) is 1.27. The highest BCUT2D eigenvalue weighted by atomic mass is 19.1. The minimum absolute atomic E-state index is 0.0432. The van der Waals surface area contributed by atoms with Crippen LogP contribution in [0.4, 0.5) is 4.39 Å². The number of halogens is 1. The largest absolute Gasteiger partial charge is 0.354 e. The number of hydrogen-bond donors (Lipinski definition) is 1. The number of hydrogen-bond acceptors (Lipinski definition) is 3. The topological polar surface area (TPSA) is 52.7 Å². The van der Waals surface area contributed by atoms with Gasteiger partial charge in [0.1, 0.15) is 5.82 Å². The third-order valence-electron chi connectivity index (χ3n) is 5.52. The van der Waals surface area contributed by atoms with E-state index in [1.807, 2.05) is 32.3 Å². The van der Waals surface area contributed by atoms with Gasteiger partial charge in [-0.1, -0.05) is 30.3 Å². The lowest BCUT2D eigenvalue weighted by Gasteiger charge is -2.32. The van der Waals surface area contributed by atoms with Crippen LogP contribution in [0.25, 0.3) is 0 Å². The molecule has 2 aromatic carbocycles. The summed E-state index contributed by atoms with van der Waals surface area (Å²) in [6.45, 7) is 1.61. The van der Waals surface area contributed by atoms with E-state index >= 15 is 0 Å². The molecule has 2 amide bonds. The summed E-state index contributed by atoms with van der Waals surface area (Å²) in [4.78, 5) is 29.0. The lowest BCUT2D eigenvalue weighted by atomic mass is 9.95. The molecule has 1 aliphatic heterocycles. The second-order valence-corrected chi connectivity index (χ2v) is 7.71. The summed E-state index contributed by atoms with van der Waals surface area (Å²) in [7, 11) is 4.01. The fraction of sp³-hybridized carbons (Fsp3) is 0.391. The standard InChI is InChI=1S/C23H28FN3O2/c1-26(2)21(17-6-4-3-5-7-17)16-25-22(28)18-12-14-27(15-13-18)23(29)19-8-10-20(24)11-9-19/h3-11,18,21H,12-16H2,1-2H3,(H,25,28). The molecule has 1 fully saturated rings. The highest BCUT2D eigenvalue weighted by molar-refractivity contribution is 5.94. The smallest absolute Gasteiger partial charge is 0.253 e. The van der Waals surface area contributed by atoms with E-state index in [9.17, 15) is 14.0 Å². The van der Waals surface area contributed by atoms with Crippen molar-refractivity contribution >= 4 is 11.8 Å². The van der Waals surface area contributed by atoms with Gasteiger partial charge in [-0.05, 0) is 56.8 Å². The number of piperidine rings is 1. The Hall–Kier alpha value is -2.73. The van der Waals surface area contributed by atoms with Crippen LogP contribution in [0.15, 0.2) is 54.6 Å². The van der Waals surface area contributed by atoms with Gasteiger partial charge < -0.3 is 15.1 Å². The quantitative estimate of drug-likeness (QED) is 0.815. The summed E-state index contributed by atoms with van der Waals surface area (Å²) in [5.74, 6) is -0.517. The molecule has 6 heteroatoms. The van der Waals surface area contributed by atoms with Crippen molar-refractivity contribution in [2.24, 2.45) is 5.92 Å². The van der Waals surface area contributed by atoms with E-state index in [0.29, 0.717) is 38.0 Å². The molecule has 2 aromatic rings. The first-order valence-electron chi connectivity index (χ1n) is 9.99. The molecule has 1 heterocycles. The van der Waals surface area contributed by atoms with Crippen LogP contribution in [-0.2, 0) is 4.79 Å². The lowest BCUT2D eigenvalue weighted by Crippen LogP contribution is -2.44. The minimum atomic E-state index is -0.358. The highest BCUT2D eigenvalue weighted by Crippen LogP contribution is 2.21. The maximum Gasteiger partial charge on any atom is 0.253 e. The van der Waals surface area contributed by atoms with Gasteiger partial charge in [-0.2, -0.15) is 0 Å². The molecular weight excluding hydrogens is 369 g/mol. The third-order valence-corrected chi connectivity index (χ3v) is 5.52. The number of nitrogens with one attached hydrogen (secondary N) is 1. The minimum Gasteiger partial charge on any atom is -0.354 e. The monoisotopic (exact) mass is 397 g/mol. The summed E-state index contributed by atoms with van der Waals surface area (Å²) in [5.41, 5.74) is 1.64. The second kappa shape index (κ2) is 9.65. The molecule has 1 atom stereocenters. The van der Waals surface area contributed by atoms with Crippen LogP contribution in [0.1, 0.15) is 34.8 Å². The summed E-state index contributed by atoms with van der Waals surface area (Å²) >= 11 is 0. The number of carbonyl (C=O) groups is 2. The van der Waals surface area contributed by atoms with Gasteiger partial charge in [-0.25, -0.2) is 4.39 Å². The van der Waals surface area contributed by atoms with E-state index in [0.717, 1.165) is 5.56 Å². The fourth-order valence-corrected chi connectivity index (χ4v) is 3.74. The molecule has 0 spiro atoms. The van der Waals surface area contributed by atoms with Crippen molar-refractivity contribution in [1.82, 2.24) is 15.1 Å². The second-order valence-electron chi connectivity index (χ2n) is 7.71. The van der Waals surface area contributed by atoms with Crippen LogP contribution < -0.4 is 5.32 Å². The zero-order valence-electron chi connectivity index (χ0n) is 17.0. The first kappa shape index (κ1) is 21.0. The molecule has 0 radical (unpaired) electrons. The Balaban J connectivity index is 1.50. The Labute approximate surface area is 171 Å². The van der Waals surface area contributed by atoms with Crippen LogP contribution in [-0.4, -0.2) is 55.3 Å². The van der Waals surface area contributed by atoms with Crippen LogP contribution in [0.2, 0.25) is 0 Å². The molecule has 0 saturated carbocycles. The predicted molar refractivity (Wildman–Crippen MR) is 111 cm³/mol. The van der Waals surface area contributed by atoms with Gasteiger partial charge in [0.2, 0.25) is 5.91 Å². The Kier molecular flexibility index (Phi) is 6.99. The number of benzene rings is 2. The summed E-state index contributed by atoms with van der Waals surface area (Å²) in [6, 6.07) is 15.8. The molecule has 154 valence electrons. The van der Waals surface area contributed by atoms with Crippen LogP contribution in [0, 0.1) is 11.7 Å². The highest BCUT2D eigenvalue weighted by Gasteiger charge is 2.28. The predicted octanol–water partition coefficient (Wildman–Crippen LogP) is 3.10. The number of rotatable bonds is 6. The molecule has 0 bridgehead atoms. The average molecular weight is 397 g/mol. The Morgan fingerprint density at radius 3 is 2.28 bits per heavy atom. The number of nitrogens with zero attached hydrogens (tertiary/aromatic N) is 2. The van der Waals surface area contributed by atoms with E-state index in [2.05, 4.69) is 22.3 Å². The average Bonchev–Trinajstić information content (AvgIpc) is 2.74. The molecule has 0 aliphatic carbocycles. The van der Waals surface area contributed by atoms with Crippen molar-refractivity contribution in [1.29, 1.82) is 0 Å². The number of likely N-dealkylation sites (N-methyl/N-ethyl adjacent to an activating group) is 1. The molecule has 0 aromatic heterocycles. The van der Waals surface area contributed by atoms with Crippen molar-refractivity contribution in [2.45, 2.75) is 18.9 Å². The van der Waals surface area contributed by atoms with Crippen molar-refractivity contribution < 1.29 is 14.0 Å². The summed E-state index contributed by atoms with van der Waals surface area (Å²) < 4.78 is 13.0. The van der Waals surface area contributed by atoms with Crippen molar-refractivity contribution in [3.05, 3.63) is 71.5 Å². The van der Waals surface area contributed by atoms with Crippen molar-refractivity contribution in [3.63, 3.8) is 0 Å². The van der Waals surface area contributed by atoms with Gasteiger partial charge in [-0.3, -0.25) is 9.59 Å². The molecule has 29 heavy (non-hydrogen) atoms. The number of likely N-dealkylation sites (tertiary alicyclic amines) is 1. The maximum atomic E-state index is 13.0. The van der Waals surface area contributed by atoms with E-state index in [4.69, 9.17) is 0 Å². The molecular formula is C23H28FN3O2. The first-order chi connectivity index (χ1) is 14.0. The van der Waals surface area contributed by atoms with Gasteiger partial charge in [0.15, 0.2) is 0 Å². The maximum absolute atomic E-state index is 13.0. The zero-order valence-corrected chi connectivity index (χ0v) is 17.0. The van der Waals surface area contributed by atoms with E-state index in [1.165, 1.54) is 24.3 Å². The SMILES string of the molecule is CN(C)C(CNC(=O)C1CCN(C(=O)c2ccc(F)cc2)CC1)c1ccccc1. The molecule has 1 N–H and O–H groups in total. The Morgan fingerprint density at radius 1 is 1.07 bits per heavy atom. The molecule has 5 nitrogen and oxygen atoms in total. The van der Waals surface area contributed by atoms with Crippen LogP contribution in [0.5, 0.6) is 0 Å². The lowest BCUT2D eigenvalue weighted by molar-refractivity contribution is -0.126. The third kappa shape index (κ3) is 5.41. The van der Waals surface area contributed by atoms with E-state index in [-0.39, 0.29) is 29.6 Å². The molecule has 1 saturated heterocycles. The van der Waals surface area contributed by atoms with Gasteiger partial charge in [0.25, 0.3) is 5.91 Å². The number of carbonyl (C=O) groups excluding carboxylic acids is 2. The Morgan fingerprint density at radius 2 is 1.69 bits per heavy atom. The van der Waals surface area contributed by atoms with Crippen molar-refractivity contribution in [2.75, 3.05) is 33.7 Å². The fourth-order valence-electron chi connectivity index (χ4n) is 3.74. The van der Waals surface area contributed by atoms with E-state index in [1.54, 1.807) is 4.90 Å². The zero-order chi connectivity index (χ0) is 20.8. The first-order valence-corrected chi connectivity index (χ1v) is 9.99. The molecule has 1 unspecified atom stereocenters. The number of amides is 2. The molecule has 3 rings (SSSR count). The van der Waals surface area contributed by atoms with Gasteiger partial charge in [-0.15, -0.1) is 0 Å². The summed E-state index contributed by atoms with van der Waals surface area (Å²) in [5, 5.41) is 3.09. The Bertz CT molecular complexity index is 816. The van der Waals surface area contributed by atoms with Gasteiger partial charge in [0.05, 0.1) is 6.04 Å². The van der Waals surface area contributed by atoms with Gasteiger partial charge in [0, 0.05) is 31.1 Å². The normalized spacial score (nSPS) is 15.9.